The van der Waals surface area contributed by atoms with Crippen molar-refractivity contribution in [2.24, 2.45) is 4.99 Å². The van der Waals surface area contributed by atoms with Gasteiger partial charge in [-0.25, -0.2) is 9.38 Å². The molecule has 1 aliphatic heterocycles. The maximum atomic E-state index is 14.5. The van der Waals surface area contributed by atoms with E-state index in [0.717, 1.165) is 17.9 Å². The summed E-state index contributed by atoms with van der Waals surface area (Å²) in [6, 6.07) is 15.0. The summed E-state index contributed by atoms with van der Waals surface area (Å²) in [4.78, 5) is 6.57. The first-order valence-corrected chi connectivity index (χ1v) is 10.1. The van der Waals surface area contributed by atoms with Gasteiger partial charge in [-0.3, -0.25) is 0 Å². The maximum Gasteiger partial charge on any atom is 0.191 e. The molecular formula is C22H29FN4O2. The molecule has 2 aromatic rings. The van der Waals surface area contributed by atoms with Crippen molar-refractivity contribution in [3.63, 3.8) is 0 Å². The Morgan fingerprint density at radius 2 is 1.93 bits per heavy atom. The molecule has 0 spiro atoms. The lowest BCUT2D eigenvalue weighted by Gasteiger charge is -2.29. The van der Waals surface area contributed by atoms with Crippen LogP contribution in [0.5, 0.6) is 5.75 Å². The monoisotopic (exact) mass is 400 g/mol. The fourth-order valence-electron chi connectivity index (χ4n) is 3.08. The molecule has 0 amide bonds. The average Bonchev–Trinajstić information content (AvgIpc) is 2.76. The first-order valence-electron chi connectivity index (χ1n) is 10.1. The molecule has 2 N–H and O–H groups in total. The molecule has 1 fully saturated rings. The van der Waals surface area contributed by atoms with Gasteiger partial charge in [0.15, 0.2) is 5.96 Å². The van der Waals surface area contributed by atoms with E-state index in [1.165, 1.54) is 0 Å². The molecular weight excluding hydrogens is 371 g/mol. The topological polar surface area (TPSA) is 58.1 Å². The minimum atomic E-state index is -0.214. The van der Waals surface area contributed by atoms with Gasteiger partial charge in [-0.2, -0.15) is 0 Å². The number of hydrogen-bond acceptors (Lipinski definition) is 4. The molecule has 156 valence electrons. The molecule has 1 aliphatic rings. The highest BCUT2D eigenvalue weighted by atomic mass is 19.1. The third kappa shape index (κ3) is 6.64. The lowest BCUT2D eigenvalue weighted by molar-refractivity contribution is 0.122. The Kier molecular flexibility index (Phi) is 8.12. The molecule has 1 saturated heterocycles. The van der Waals surface area contributed by atoms with Crippen LogP contribution < -0.4 is 20.3 Å². The summed E-state index contributed by atoms with van der Waals surface area (Å²) in [6.07, 6.45) is 0. The van der Waals surface area contributed by atoms with Gasteiger partial charge >= 0.3 is 0 Å². The second-order valence-electron chi connectivity index (χ2n) is 6.67. The predicted octanol–water partition coefficient (Wildman–Crippen LogP) is 2.80. The molecule has 1 heterocycles. The summed E-state index contributed by atoms with van der Waals surface area (Å²) in [7, 11) is 0. The van der Waals surface area contributed by atoms with Crippen LogP contribution in [0.2, 0.25) is 0 Å². The number of guanidine groups is 1. The smallest absolute Gasteiger partial charge is 0.191 e. The van der Waals surface area contributed by atoms with Crippen molar-refractivity contribution in [1.82, 2.24) is 10.6 Å². The van der Waals surface area contributed by atoms with E-state index in [0.29, 0.717) is 57.6 Å². The Hall–Kier alpha value is -2.80. The second kappa shape index (κ2) is 11.3. The highest BCUT2D eigenvalue weighted by Gasteiger charge is 2.15. The van der Waals surface area contributed by atoms with Crippen molar-refractivity contribution in [1.29, 1.82) is 0 Å². The maximum absolute atomic E-state index is 14.5. The molecule has 0 unspecified atom stereocenters. The summed E-state index contributed by atoms with van der Waals surface area (Å²) in [5.74, 6) is 1.31. The Morgan fingerprint density at radius 1 is 1.14 bits per heavy atom. The van der Waals surface area contributed by atoms with Gasteiger partial charge in [-0.1, -0.05) is 24.3 Å². The van der Waals surface area contributed by atoms with Crippen LogP contribution in [0.15, 0.2) is 53.5 Å². The van der Waals surface area contributed by atoms with E-state index >= 15 is 0 Å². The van der Waals surface area contributed by atoms with E-state index in [4.69, 9.17) is 9.47 Å². The number of anilines is 1. The zero-order valence-electron chi connectivity index (χ0n) is 16.9. The Labute approximate surface area is 171 Å². The predicted molar refractivity (Wildman–Crippen MR) is 114 cm³/mol. The molecule has 2 aromatic carbocycles. The zero-order valence-corrected chi connectivity index (χ0v) is 16.9. The number of para-hydroxylation sites is 1. The molecule has 29 heavy (non-hydrogen) atoms. The van der Waals surface area contributed by atoms with Crippen LogP contribution in [-0.4, -0.2) is 52.0 Å². The molecule has 0 atom stereocenters. The summed E-state index contributed by atoms with van der Waals surface area (Å²) in [6.45, 7) is 7.00. The standard InChI is InChI=1S/C22H29FN4O2/c1-2-24-22(25-10-13-29-19-6-4-3-5-7-19)26-17-18-8-9-21(20(23)16-18)27-11-14-28-15-12-27/h3-9,16H,2,10-15,17H2,1H3,(H2,24,25,26). The van der Waals surface area contributed by atoms with Gasteiger partial charge in [0, 0.05) is 19.6 Å². The van der Waals surface area contributed by atoms with E-state index < -0.39 is 0 Å². The van der Waals surface area contributed by atoms with Crippen LogP contribution in [0.1, 0.15) is 12.5 Å². The molecule has 0 aliphatic carbocycles. The fraction of sp³-hybridized carbons (Fsp3) is 0.409. The van der Waals surface area contributed by atoms with Gasteiger partial charge in [0.25, 0.3) is 0 Å². The molecule has 7 heteroatoms. The quantitative estimate of drug-likeness (QED) is 0.405. The van der Waals surface area contributed by atoms with Gasteiger partial charge in [-0.15, -0.1) is 0 Å². The highest BCUT2D eigenvalue weighted by Crippen LogP contribution is 2.22. The van der Waals surface area contributed by atoms with Gasteiger partial charge in [0.2, 0.25) is 0 Å². The molecule has 6 nitrogen and oxygen atoms in total. The first-order chi connectivity index (χ1) is 14.3. The van der Waals surface area contributed by atoms with E-state index in [9.17, 15) is 4.39 Å². The van der Waals surface area contributed by atoms with Crippen molar-refractivity contribution in [3.8, 4) is 5.75 Å². The van der Waals surface area contributed by atoms with Crippen LogP contribution >= 0.6 is 0 Å². The summed E-state index contributed by atoms with van der Waals surface area (Å²) in [5.41, 5.74) is 1.46. The van der Waals surface area contributed by atoms with E-state index in [1.807, 2.05) is 54.3 Å². The van der Waals surface area contributed by atoms with Crippen LogP contribution in [0.3, 0.4) is 0 Å². The van der Waals surface area contributed by atoms with E-state index in [1.54, 1.807) is 6.07 Å². The Bertz CT molecular complexity index is 780. The van der Waals surface area contributed by atoms with Crippen molar-refractivity contribution in [2.45, 2.75) is 13.5 Å². The minimum Gasteiger partial charge on any atom is -0.492 e. The van der Waals surface area contributed by atoms with Crippen LogP contribution in [-0.2, 0) is 11.3 Å². The number of morpholine rings is 1. The fourth-order valence-corrected chi connectivity index (χ4v) is 3.08. The number of halogens is 1. The number of aliphatic imine (C=N–C) groups is 1. The molecule has 0 bridgehead atoms. The lowest BCUT2D eigenvalue weighted by Crippen LogP contribution is -2.39. The largest absolute Gasteiger partial charge is 0.492 e. The number of rotatable bonds is 8. The first kappa shape index (κ1) is 20.9. The SMILES string of the molecule is CCNC(=NCc1ccc(N2CCOCC2)c(F)c1)NCCOc1ccccc1. The summed E-state index contributed by atoms with van der Waals surface area (Å²) >= 11 is 0. The van der Waals surface area contributed by atoms with Crippen LogP contribution in [0, 0.1) is 5.82 Å². The summed E-state index contributed by atoms with van der Waals surface area (Å²) < 4.78 is 25.5. The lowest BCUT2D eigenvalue weighted by atomic mass is 10.1. The third-order valence-electron chi connectivity index (χ3n) is 4.53. The van der Waals surface area contributed by atoms with E-state index in [-0.39, 0.29) is 5.82 Å². The third-order valence-corrected chi connectivity index (χ3v) is 4.53. The molecule has 3 rings (SSSR count). The van der Waals surface area contributed by atoms with Crippen molar-refractivity contribution in [2.75, 3.05) is 50.9 Å². The van der Waals surface area contributed by atoms with E-state index in [2.05, 4.69) is 15.6 Å². The van der Waals surface area contributed by atoms with Crippen molar-refractivity contribution < 1.29 is 13.9 Å². The van der Waals surface area contributed by atoms with Gasteiger partial charge < -0.3 is 25.0 Å². The number of ether oxygens (including phenoxy) is 2. The van der Waals surface area contributed by atoms with Crippen LogP contribution in [0.4, 0.5) is 10.1 Å². The van der Waals surface area contributed by atoms with Gasteiger partial charge in [0.1, 0.15) is 18.2 Å². The Balaban J connectivity index is 1.51. The molecule has 0 saturated carbocycles. The normalized spacial score (nSPS) is 14.6. The molecule has 0 aromatic heterocycles. The van der Waals surface area contributed by atoms with Gasteiger partial charge in [0.05, 0.1) is 32.0 Å². The van der Waals surface area contributed by atoms with Crippen molar-refractivity contribution in [3.05, 3.63) is 59.9 Å². The number of nitrogens with one attached hydrogen (secondary N) is 2. The zero-order chi connectivity index (χ0) is 20.3. The highest BCUT2D eigenvalue weighted by molar-refractivity contribution is 5.79. The number of benzene rings is 2. The average molecular weight is 400 g/mol. The number of nitrogens with zero attached hydrogens (tertiary/aromatic N) is 2. The van der Waals surface area contributed by atoms with Crippen molar-refractivity contribution >= 4 is 11.6 Å². The minimum absolute atomic E-state index is 0.214. The van der Waals surface area contributed by atoms with Crippen LogP contribution in [0.25, 0.3) is 0 Å². The van der Waals surface area contributed by atoms with Gasteiger partial charge in [-0.05, 0) is 36.8 Å². The second-order valence-corrected chi connectivity index (χ2v) is 6.67. The summed E-state index contributed by atoms with van der Waals surface area (Å²) in [5, 5.41) is 6.43. The Morgan fingerprint density at radius 3 is 2.66 bits per heavy atom. The molecule has 0 radical (unpaired) electrons. The number of hydrogen-bond donors (Lipinski definition) is 2.